The van der Waals surface area contributed by atoms with E-state index < -0.39 is 17.1 Å². The number of aromatic nitrogens is 1. The van der Waals surface area contributed by atoms with Crippen LogP contribution < -0.4 is 0 Å². The van der Waals surface area contributed by atoms with E-state index in [4.69, 9.17) is 16.3 Å². The van der Waals surface area contributed by atoms with Crippen LogP contribution in [0.2, 0.25) is 5.02 Å². The monoisotopic (exact) mass is 482 g/mol. The highest BCUT2D eigenvalue weighted by atomic mass is 35.5. The Morgan fingerprint density at radius 3 is 2.64 bits per heavy atom. The number of amides is 2. The van der Waals surface area contributed by atoms with Gasteiger partial charge in [0.2, 0.25) is 0 Å². The van der Waals surface area contributed by atoms with Gasteiger partial charge in [-0.15, -0.1) is 0 Å². The van der Waals surface area contributed by atoms with E-state index in [1.54, 1.807) is 6.08 Å². The molecule has 33 heavy (non-hydrogen) atoms. The molecule has 0 aliphatic carbocycles. The minimum absolute atomic E-state index is 0.286. The van der Waals surface area contributed by atoms with Gasteiger partial charge >= 0.3 is 5.97 Å². The standard InChI is InChI=1S/C25H23ClN2O4S/c1-2-3-12-32-23(29)16-28-24(30)22(33-25(28)31)13-18-15-27(21-7-5-4-6-20(18)21)14-17-8-10-19(26)11-9-17/h4-11,13,15H,2-3,12,14,16H2,1H3/b22-13-. The SMILES string of the molecule is CCCCOC(=O)CN1C(=O)S/C(=C\c2cn(Cc3ccc(Cl)cc3)c3ccccc23)C1=O. The lowest BCUT2D eigenvalue weighted by Crippen LogP contribution is -2.34. The van der Waals surface area contributed by atoms with Crippen LogP contribution in [-0.4, -0.2) is 39.7 Å². The third-order valence-electron chi connectivity index (χ3n) is 5.29. The first-order chi connectivity index (χ1) is 16.0. The van der Waals surface area contributed by atoms with Crippen LogP contribution in [-0.2, 0) is 20.9 Å². The van der Waals surface area contributed by atoms with Crippen LogP contribution in [0, 0.1) is 0 Å². The fourth-order valence-corrected chi connectivity index (χ4v) is 4.55. The molecule has 1 fully saturated rings. The van der Waals surface area contributed by atoms with Crippen LogP contribution in [0.4, 0.5) is 4.79 Å². The Hall–Kier alpha value is -3.03. The number of fused-ring (bicyclic) bond motifs is 1. The van der Waals surface area contributed by atoms with Gasteiger partial charge in [0.25, 0.3) is 11.1 Å². The van der Waals surface area contributed by atoms with E-state index in [-0.39, 0.29) is 18.1 Å². The molecule has 170 valence electrons. The molecule has 1 saturated heterocycles. The van der Waals surface area contributed by atoms with Gasteiger partial charge in [-0.1, -0.05) is 55.3 Å². The number of hydrogen-bond acceptors (Lipinski definition) is 5. The van der Waals surface area contributed by atoms with Crippen LogP contribution in [0.3, 0.4) is 0 Å². The molecule has 0 unspecified atom stereocenters. The van der Waals surface area contributed by atoms with Crippen LogP contribution >= 0.6 is 23.4 Å². The number of ether oxygens (including phenoxy) is 1. The summed E-state index contributed by atoms with van der Waals surface area (Å²) in [6, 6.07) is 15.5. The normalized spacial score (nSPS) is 15.1. The van der Waals surface area contributed by atoms with E-state index in [0.29, 0.717) is 11.6 Å². The van der Waals surface area contributed by atoms with Crippen molar-refractivity contribution in [1.29, 1.82) is 0 Å². The largest absolute Gasteiger partial charge is 0.464 e. The van der Waals surface area contributed by atoms with E-state index >= 15 is 0 Å². The molecular weight excluding hydrogens is 460 g/mol. The van der Waals surface area contributed by atoms with E-state index in [0.717, 1.165) is 51.5 Å². The van der Waals surface area contributed by atoms with E-state index in [9.17, 15) is 14.4 Å². The number of benzene rings is 2. The molecule has 0 atom stereocenters. The fourth-order valence-electron chi connectivity index (χ4n) is 3.59. The average molecular weight is 483 g/mol. The minimum Gasteiger partial charge on any atom is -0.464 e. The maximum Gasteiger partial charge on any atom is 0.326 e. The van der Waals surface area contributed by atoms with E-state index in [1.807, 2.05) is 61.7 Å². The van der Waals surface area contributed by atoms with Crippen LogP contribution in [0.15, 0.2) is 59.6 Å². The Kier molecular flexibility index (Phi) is 7.20. The van der Waals surface area contributed by atoms with Gasteiger partial charge in [0.15, 0.2) is 0 Å². The third kappa shape index (κ3) is 5.31. The molecule has 1 aromatic heterocycles. The number of carbonyl (C=O) groups is 3. The molecule has 0 bridgehead atoms. The van der Waals surface area contributed by atoms with Crippen LogP contribution in [0.25, 0.3) is 17.0 Å². The van der Waals surface area contributed by atoms with Crippen molar-refractivity contribution in [2.75, 3.05) is 13.2 Å². The molecule has 0 spiro atoms. The number of thioether (sulfide) groups is 1. The summed E-state index contributed by atoms with van der Waals surface area (Å²) in [6.07, 6.45) is 5.32. The number of imide groups is 1. The van der Waals surface area contributed by atoms with Gasteiger partial charge in [-0.05, 0) is 48.0 Å². The first kappa shape index (κ1) is 23.1. The minimum atomic E-state index is -0.577. The molecule has 3 aromatic rings. The van der Waals surface area contributed by atoms with Gasteiger partial charge in [0.1, 0.15) is 6.54 Å². The maximum absolute atomic E-state index is 12.8. The summed E-state index contributed by atoms with van der Waals surface area (Å²) >= 11 is 6.84. The first-order valence-corrected chi connectivity index (χ1v) is 11.9. The Morgan fingerprint density at radius 2 is 1.88 bits per heavy atom. The second-order valence-corrected chi connectivity index (χ2v) is 9.13. The molecule has 1 aliphatic rings. The number of rotatable bonds is 8. The highest BCUT2D eigenvalue weighted by molar-refractivity contribution is 8.18. The Balaban J connectivity index is 1.57. The second kappa shape index (κ2) is 10.3. The lowest BCUT2D eigenvalue weighted by Gasteiger charge is -2.11. The zero-order valence-corrected chi connectivity index (χ0v) is 19.7. The summed E-state index contributed by atoms with van der Waals surface area (Å²) in [5.41, 5.74) is 2.93. The van der Waals surface area contributed by atoms with Crippen LogP contribution in [0.5, 0.6) is 0 Å². The van der Waals surface area contributed by atoms with E-state index in [2.05, 4.69) is 4.57 Å². The number of carbonyl (C=O) groups excluding carboxylic acids is 3. The summed E-state index contributed by atoms with van der Waals surface area (Å²) in [5, 5.41) is 1.18. The molecule has 0 N–H and O–H groups in total. The van der Waals surface area contributed by atoms with Crippen molar-refractivity contribution in [2.45, 2.75) is 26.3 Å². The predicted molar refractivity (Wildman–Crippen MR) is 131 cm³/mol. The Labute approximate surface area is 201 Å². The summed E-state index contributed by atoms with van der Waals surface area (Å²) < 4.78 is 7.19. The van der Waals surface area contributed by atoms with Crippen molar-refractivity contribution in [3.8, 4) is 0 Å². The lowest BCUT2D eigenvalue weighted by molar-refractivity contribution is -0.146. The molecule has 2 heterocycles. The van der Waals surface area contributed by atoms with Crippen molar-refractivity contribution >= 4 is 57.5 Å². The molecule has 6 nitrogen and oxygen atoms in total. The molecule has 2 amide bonds. The summed E-state index contributed by atoms with van der Waals surface area (Å²) in [7, 11) is 0. The van der Waals surface area contributed by atoms with Crippen molar-refractivity contribution in [3.63, 3.8) is 0 Å². The lowest BCUT2D eigenvalue weighted by atomic mass is 10.1. The molecular formula is C25H23ClN2O4S. The predicted octanol–water partition coefficient (Wildman–Crippen LogP) is 5.72. The molecule has 2 aromatic carbocycles. The van der Waals surface area contributed by atoms with Crippen molar-refractivity contribution in [3.05, 3.63) is 75.8 Å². The quantitative estimate of drug-likeness (QED) is 0.233. The van der Waals surface area contributed by atoms with Gasteiger partial charge in [0.05, 0.1) is 11.5 Å². The van der Waals surface area contributed by atoms with Gasteiger partial charge in [-0.2, -0.15) is 0 Å². The topological polar surface area (TPSA) is 68.6 Å². The summed E-state index contributed by atoms with van der Waals surface area (Å²) in [5.74, 6) is -1.06. The smallest absolute Gasteiger partial charge is 0.326 e. The molecule has 1 aliphatic heterocycles. The summed E-state index contributed by atoms with van der Waals surface area (Å²) in [4.78, 5) is 38.5. The Morgan fingerprint density at radius 1 is 1.12 bits per heavy atom. The molecule has 4 rings (SSSR count). The molecule has 0 saturated carbocycles. The highest BCUT2D eigenvalue weighted by Crippen LogP contribution is 2.34. The van der Waals surface area contributed by atoms with Crippen LogP contribution in [0.1, 0.15) is 30.9 Å². The summed E-state index contributed by atoms with van der Waals surface area (Å²) in [6.45, 7) is 2.54. The van der Waals surface area contributed by atoms with E-state index in [1.165, 1.54) is 0 Å². The van der Waals surface area contributed by atoms with Gasteiger partial charge in [0, 0.05) is 34.2 Å². The second-order valence-electron chi connectivity index (χ2n) is 7.70. The highest BCUT2D eigenvalue weighted by Gasteiger charge is 2.36. The third-order valence-corrected chi connectivity index (χ3v) is 6.45. The number of hydrogen-bond donors (Lipinski definition) is 0. The van der Waals surface area contributed by atoms with Gasteiger partial charge < -0.3 is 9.30 Å². The number of nitrogens with zero attached hydrogens (tertiary/aromatic N) is 2. The average Bonchev–Trinajstić information content (AvgIpc) is 3.28. The van der Waals surface area contributed by atoms with Crippen molar-refractivity contribution in [2.24, 2.45) is 0 Å². The fraction of sp³-hybridized carbons (Fsp3) is 0.240. The number of halogens is 1. The maximum atomic E-state index is 12.8. The molecule has 8 heteroatoms. The van der Waals surface area contributed by atoms with Crippen molar-refractivity contribution in [1.82, 2.24) is 9.47 Å². The number of para-hydroxylation sites is 1. The first-order valence-electron chi connectivity index (χ1n) is 10.7. The van der Waals surface area contributed by atoms with Crippen molar-refractivity contribution < 1.29 is 19.1 Å². The van der Waals surface area contributed by atoms with Gasteiger partial charge in [-0.3, -0.25) is 19.3 Å². The number of unbranched alkanes of at least 4 members (excludes halogenated alkanes) is 1. The molecule has 0 radical (unpaired) electrons. The zero-order valence-electron chi connectivity index (χ0n) is 18.1. The number of esters is 1. The zero-order chi connectivity index (χ0) is 23.4. The Bertz CT molecular complexity index is 1230. The van der Waals surface area contributed by atoms with Gasteiger partial charge in [-0.25, -0.2) is 0 Å².